The van der Waals surface area contributed by atoms with Crippen molar-refractivity contribution in [3.8, 4) is 0 Å². The Balaban J connectivity index is -0.0000000553. The molecular formula is C11H25NO3. The highest BCUT2D eigenvalue weighted by atomic mass is 16.3. The Bertz CT molecular complexity index is 106. The lowest BCUT2D eigenvalue weighted by atomic mass is 10.8. The van der Waals surface area contributed by atoms with Crippen molar-refractivity contribution in [2.24, 2.45) is 0 Å². The Morgan fingerprint density at radius 2 is 1.20 bits per heavy atom. The number of hydrogen-bond donors (Lipinski definition) is 2. The molecule has 0 saturated carbocycles. The molecule has 92 valence electrons. The van der Waals surface area contributed by atoms with Crippen molar-refractivity contribution >= 4 is 6.41 Å². The minimum Gasteiger partial charge on any atom is -0.394 e. The van der Waals surface area contributed by atoms with Gasteiger partial charge in [-0.15, -0.1) is 13.2 Å². The number of hydrogen-bond acceptors (Lipinski definition) is 3. The van der Waals surface area contributed by atoms with Gasteiger partial charge in [-0.2, -0.15) is 0 Å². The monoisotopic (exact) mass is 219 g/mol. The summed E-state index contributed by atoms with van der Waals surface area (Å²) in [5.74, 6) is 0. The highest BCUT2D eigenvalue weighted by molar-refractivity contribution is 5.45. The fourth-order valence-electron chi connectivity index (χ4n) is 0. The maximum atomic E-state index is 9.43. The van der Waals surface area contributed by atoms with Gasteiger partial charge in [-0.25, -0.2) is 0 Å². The molecule has 0 saturated heterocycles. The number of nitrogens with zero attached hydrogens (tertiary/aromatic N) is 1. The van der Waals surface area contributed by atoms with Gasteiger partial charge in [-0.3, -0.25) is 4.79 Å². The van der Waals surface area contributed by atoms with Gasteiger partial charge >= 0.3 is 0 Å². The molecular weight excluding hydrogens is 194 g/mol. The number of amides is 1. The molecule has 0 rings (SSSR count). The molecule has 2 N–H and O–H groups in total. The minimum atomic E-state index is -0.125. The summed E-state index contributed by atoms with van der Waals surface area (Å²) in [6.07, 6.45) is 4.25. The molecule has 0 aliphatic heterocycles. The van der Waals surface area contributed by atoms with Crippen LogP contribution in [0.25, 0.3) is 0 Å². The lowest BCUT2D eigenvalue weighted by Crippen LogP contribution is -2.06. The van der Waals surface area contributed by atoms with E-state index in [2.05, 4.69) is 13.2 Å². The highest BCUT2D eigenvalue weighted by Crippen LogP contribution is 1.52. The largest absolute Gasteiger partial charge is 0.394 e. The first kappa shape index (κ1) is 23.6. The van der Waals surface area contributed by atoms with E-state index in [0.717, 1.165) is 6.41 Å². The summed E-state index contributed by atoms with van der Waals surface area (Å²) in [7, 11) is 3.38. The molecule has 0 aromatic heterocycles. The number of rotatable bonds is 2. The standard InChI is InChI=1S/C3H7NO.2C3H6.C2H6O2/c1-4(2)3-5;2*1-3-2;3-1-2-4/h3H,1-2H3;2*3H,1H2,2H3;3-4H,1-2H2. The van der Waals surface area contributed by atoms with Crippen LogP contribution in [0.1, 0.15) is 13.8 Å². The maximum Gasteiger partial charge on any atom is 0.209 e. The first-order valence-electron chi connectivity index (χ1n) is 4.49. The molecule has 0 aromatic rings. The number of aliphatic hydroxyl groups excluding tert-OH is 2. The SMILES string of the molecule is C=CC.C=CC.CN(C)C=O.OCCO. The summed E-state index contributed by atoms with van der Waals surface area (Å²) in [4.78, 5) is 10.9. The quantitative estimate of drug-likeness (QED) is 0.539. The summed E-state index contributed by atoms with van der Waals surface area (Å²) in [5.41, 5.74) is 0. The molecule has 15 heavy (non-hydrogen) atoms. The van der Waals surface area contributed by atoms with Crippen molar-refractivity contribution < 1.29 is 15.0 Å². The lowest BCUT2D eigenvalue weighted by Gasteiger charge is -1.93. The van der Waals surface area contributed by atoms with Crippen LogP contribution in [0.3, 0.4) is 0 Å². The summed E-state index contributed by atoms with van der Waals surface area (Å²) in [6, 6.07) is 0. The van der Waals surface area contributed by atoms with Crippen LogP contribution >= 0.6 is 0 Å². The third kappa shape index (κ3) is 435. The van der Waals surface area contributed by atoms with E-state index in [9.17, 15) is 4.79 Å². The predicted octanol–water partition coefficient (Wildman–Crippen LogP) is 1.06. The first-order valence-corrected chi connectivity index (χ1v) is 4.49. The van der Waals surface area contributed by atoms with E-state index in [0.29, 0.717) is 0 Å². The second-order valence-corrected chi connectivity index (χ2v) is 2.33. The van der Waals surface area contributed by atoms with Crippen molar-refractivity contribution in [2.45, 2.75) is 13.8 Å². The zero-order valence-corrected chi connectivity index (χ0v) is 10.3. The minimum absolute atomic E-state index is 0.125. The van der Waals surface area contributed by atoms with Gasteiger partial charge in [0.15, 0.2) is 0 Å². The van der Waals surface area contributed by atoms with Gasteiger partial charge in [-0.1, -0.05) is 12.2 Å². The van der Waals surface area contributed by atoms with Crippen molar-refractivity contribution in [3.05, 3.63) is 25.3 Å². The van der Waals surface area contributed by atoms with Gasteiger partial charge in [0.2, 0.25) is 6.41 Å². The van der Waals surface area contributed by atoms with E-state index >= 15 is 0 Å². The zero-order valence-electron chi connectivity index (χ0n) is 10.3. The zero-order chi connectivity index (χ0) is 13.1. The molecule has 0 aliphatic rings. The van der Waals surface area contributed by atoms with Crippen LogP contribution in [0.4, 0.5) is 0 Å². The third-order valence-corrected chi connectivity index (χ3v) is 0.311. The van der Waals surface area contributed by atoms with E-state index in [1.54, 1.807) is 26.2 Å². The molecule has 0 unspecified atom stereocenters. The molecule has 0 aliphatic carbocycles. The molecule has 0 fully saturated rings. The average molecular weight is 219 g/mol. The molecule has 0 atom stereocenters. The molecule has 0 radical (unpaired) electrons. The molecule has 0 bridgehead atoms. The maximum absolute atomic E-state index is 9.43. The summed E-state index contributed by atoms with van der Waals surface area (Å²) in [5, 5.41) is 15.2. The predicted molar refractivity (Wildman–Crippen MR) is 65.7 cm³/mol. The van der Waals surface area contributed by atoms with Crippen LogP contribution in [-0.2, 0) is 4.79 Å². The highest BCUT2D eigenvalue weighted by Gasteiger charge is 1.68. The van der Waals surface area contributed by atoms with E-state index in [1.165, 1.54) is 4.90 Å². The van der Waals surface area contributed by atoms with Crippen LogP contribution in [0.5, 0.6) is 0 Å². The molecule has 0 heterocycles. The molecule has 1 amide bonds. The summed E-state index contributed by atoms with van der Waals surface area (Å²) >= 11 is 0. The van der Waals surface area contributed by atoms with E-state index in [-0.39, 0.29) is 13.2 Å². The van der Waals surface area contributed by atoms with Gasteiger partial charge in [0.25, 0.3) is 0 Å². The average Bonchev–Trinajstić information content (AvgIpc) is 2.20. The first-order chi connectivity index (χ1) is 7.01. The number of carbonyl (C=O) groups is 1. The fourth-order valence-corrected chi connectivity index (χ4v) is 0. The van der Waals surface area contributed by atoms with E-state index in [4.69, 9.17) is 10.2 Å². The van der Waals surface area contributed by atoms with E-state index < -0.39 is 0 Å². The number of carbonyl (C=O) groups excluding carboxylic acids is 1. The smallest absolute Gasteiger partial charge is 0.209 e. The Morgan fingerprint density at radius 3 is 1.20 bits per heavy atom. The van der Waals surface area contributed by atoms with Crippen molar-refractivity contribution in [2.75, 3.05) is 27.3 Å². The Morgan fingerprint density at radius 1 is 1.07 bits per heavy atom. The molecule has 0 spiro atoms. The topological polar surface area (TPSA) is 60.8 Å². The van der Waals surface area contributed by atoms with Crippen LogP contribution < -0.4 is 0 Å². The van der Waals surface area contributed by atoms with Crippen molar-refractivity contribution in [1.29, 1.82) is 0 Å². The van der Waals surface area contributed by atoms with Crippen LogP contribution in [0.2, 0.25) is 0 Å². The second-order valence-electron chi connectivity index (χ2n) is 2.33. The number of aliphatic hydroxyl groups is 2. The summed E-state index contributed by atoms with van der Waals surface area (Å²) < 4.78 is 0. The Kier molecular flexibility index (Phi) is 60.4. The Hall–Kier alpha value is -1.13. The van der Waals surface area contributed by atoms with Gasteiger partial charge in [0.1, 0.15) is 0 Å². The second kappa shape index (κ2) is 38.4. The van der Waals surface area contributed by atoms with Crippen LogP contribution in [-0.4, -0.2) is 48.8 Å². The van der Waals surface area contributed by atoms with Gasteiger partial charge < -0.3 is 15.1 Å². The van der Waals surface area contributed by atoms with E-state index in [1.807, 2.05) is 13.8 Å². The third-order valence-electron chi connectivity index (χ3n) is 0.311. The normalized spacial score (nSPS) is 6.00. The molecule has 4 nitrogen and oxygen atoms in total. The van der Waals surface area contributed by atoms with Gasteiger partial charge in [0, 0.05) is 14.1 Å². The fraction of sp³-hybridized carbons (Fsp3) is 0.545. The summed E-state index contributed by atoms with van der Waals surface area (Å²) in [6.45, 7) is 10.2. The molecule has 0 aromatic carbocycles. The lowest BCUT2D eigenvalue weighted by molar-refractivity contribution is -0.115. The Labute approximate surface area is 93.5 Å². The number of allylic oxidation sites excluding steroid dienone is 2. The van der Waals surface area contributed by atoms with Crippen molar-refractivity contribution in [1.82, 2.24) is 4.90 Å². The van der Waals surface area contributed by atoms with Crippen molar-refractivity contribution in [3.63, 3.8) is 0 Å². The van der Waals surface area contributed by atoms with Gasteiger partial charge in [-0.05, 0) is 13.8 Å². The van der Waals surface area contributed by atoms with Crippen LogP contribution in [0, 0.1) is 0 Å². The van der Waals surface area contributed by atoms with Crippen LogP contribution in [0.15, 0.2) is 25.3 Å². The van der Waals surface area contributed by atoms with Gasteiger partial charge in [0.05, 0.1) is 13.2 Å². The molecule has 4 heteroatoms.